The first-order valence-corrected chi connectivity index (χ1v) is 8.23. The molecule has 1 saturated heterocycles. The molecule has 1 heterocycles. The highest BCUT2D eigenvalue weighted by Gasteiger charge is 2.37. The van der Waals surface area contributed by atoms with Crippen LogP contribution in [0.1, 0.15) is 31.0 Å². The van der Waals surface area contributed by atoms with Crippen molar-refractivity contribution < 1.29 is 23.1 Å². The van der Waals surface area contributed by atoms with Crippen LogP contribution in [0.2, 0.25) is 0 Å². The van der Waals surface area contributed by atoms with Crippen LogP contribution in [0.4, 0.5) is 13.6 Å². The van der Waals surface area contributed by atoms with Gasteiger partial charge in [-0.15, -0.1) is 0 Å². The van der Waals surface area contributed by atoms with Gasteiger partial charge in [0.05, 0.1) is 0 Å². The van der Waals surface area contributed by atoms with E-state index in [0.29, 0.717) is 0 Å². The van der Waals surface area contributed by atoms with Crippen molar-refractivity contribution in [3.8, 4) is 0 Å². The van der Waals surface area contributed by atoms with Crippen molar-refractivity contribution in [2.45, 2.75) is 19.9 Å². The number of ether oxygens (including phenoxy) is 1. The first-order chi connectivity index (χ1) is 12.5. The van der Waals surface area contributed by atoms with Crippen molar-refractivity contribution in [2.75, 3.05) is 6.61 Å². The molecule has 0 N–H and O–H groups in total. The van der Waals surface area contributed by atoms with Crippen LogP contribution in [0.3, 0.4) is 0 Å². The summed E-state index contributed by atoms with van der Waals surface area (Å²) in [5.74, 6) is -2.11. The van der Waals surface area contributed by atoms with Crippen molar-refractivity contribution in [1.29, 1.82) is 0 Å². The maximum atomic E-state index is 13.2. The monoisotopic (exact) mass is 359 g/mol. The third kappa shape index (κ3) is 4.53. The van der Waals surface area contributed by atoms with Gasteiger partial charge in [0.15, 0.2) is 0 Å². The maximum absolute atomic E-state index is 13.2. The standard InChI is InChI=1S/C18H13F2NO3.C2H6/c19-14-8-12(9-15(20)10-14)6-7-17(22)21-16(11-24-18(21)23)13-4-2-1-3-5-13;1-2/h1-10,16H,11H2;1-2H3/b7-6+;. The summed E-state index contributed by atoms with van der Waals surface area (Å²) in [6.45, 7) is 4.07. The van der Waals surface area contributed by atoms with Crippen LogP contribution in [0, 0.1) is 11.6 Å². The Labute approximate surface area is 150 Å². The van der Waals surface area contributed by atoms with E-state index < -0.39 is 29.7 Å². The average molecular weight is 359 g/mol. The maximum Gasteiger partial charge on any atom is 0.417 e. The highest BCUT2D eigenvalue weighted by Crippen LogP contribution is 2.28. The van der Waals surface area contributed by atoms with Gasteiger partial charge in [-0.25, -0.2) is 18.5 Å². The van der Waals surface area contributed by atoms with Crippen LogP contribution in [-0.2, 0) is 9.53 Å². The summed E-state index contributed by atoms with van der Waals surface area (Å²) in [6.07, 6.45) is 1.60. The van der Waals surface area contributed by atoms with Crippen LogP contribution < -0.4 is 0 Å². The molecule has 1 aliphatic heterocycles. The lowest BCUT2D eigenvalue weighted by Crippen LogP contribution is -2.32. The highest BCUT2D eigenvalue weighted by molar-refractivity contribution is 6.02. The van der Waals surface area contributed by atoms with Crippen molar-refractivity contribution in [3.63, 3.8) is 0 Å². The number of nitrogens with zero attached hydrogens (tertiary/aromatic N) is 1. The number of halogens is 2. The molecule has 2 aromatic rings. The lowest BCUT2D eigenvalue weighted by molar-refractivity contribution is -0.124. The van der Waals surface area contributed by atoms with Crippen molar-refractivity contribution in [1.82, 2.24) is 4.90 Å². The zero-order chi connectivity index (χ0) is 19.1. The van der Waals surface area contributed by atoms with Gasteiger partial charge in [0.25, 0.3) is 5.91 Å². The zero-order valence-corrected chi connectivity index (χ0v) is 14.5. The molecule has 0 saturated carbocycles. The summed E-state index contributed by atoms with van der Waals surface area (Å²) in [6, 6.07) is 11.4. The van der Waals surface area contributed by atoms with Crippen LogP contribution >= 0.6 is 0 Å². The molecular weight excluding hydrogens is 340 g/mol. The minimum Gasteiger partial charge on any atom is -0.446 e. The Morgan fingerprint density at radius 3 is 2.35 bits per heavy atom. The van der Waals surface area contributed by atoms with Gasteiger partial charge >= 0.3 is 6.09 Å². The number of carbonyl (C=O) groups is 2. The molecule has 0 spiro atoms. The molecule has 4 nitrogen and oxygen atoms in total. The van der Waals surface area contributed by atoms with E-state index in [-0.39, 0.29) is 12.2 Å². The topological polar surface area (TPSA) is 46.6 Å². The molecule has 0 aromatic heterocycles. The van der Waals surface area contributed by atoms with Gasteiger partial charge in [0.1, 0.15) is 24.3 Å². The van der Waals surface area contributed by atoms with Gasteiger partial charge < -0.3 is 4.74 Å². The molecule has 1 aliphatic rings. The molecule has 2 amide bonds. The van der Waals surface area contributed by atoms with E-state index >= 15 is 0 Å². The Balaban J connectivity index is 0.00000117. The first kappa shape index (κ1) is 19.3. The number of benzene rings is 2. The molecule has 0 aliphatic carbocycles. The Morgan fingerprint density at radius 1 is 1.12 bits per heavy atom. The zero-order valence-electron chi connectivity index (χ0n) is 14.5. The summed E-state index contributed by atoms with van der Waals surface area (Å²) in [7, 11) is 0. The Bertz CT molecular complexity index is 786. The highest BCUT2D eigenvalue weighted by atomic mass is 19.1. The molecule has 136 valence electrons. The molecule has 0 bridgehead atoms. The van der Waals surface area contributed by atoms with E-state index in [1.165, 1.54) is 6.08 Å². The second kappa shape index (κ2) is 8.89. The van der Waals surface area contributed by atoms with E-state index in [1.807, 2.05) is 19.9 Å². The van der Waals surface area contributed by atoms with Gasteiger partial charge in [0, 0.05) is 12.1 Å². The summed E-state index contributed by atoms with van der Waals surface area (Å²) in [5, 5.41) is 0. The summed E-state index contributed by atoms with van der Waals surface area (Å²) in [5.41, 5.74) is 0.951. The fourth-order valence-corrected chi connectivity index (χ4v) is 2.50. The Kier molecular flexibility index (Phi) is 6.60. The molecule has 26 heavy (non-hydrogen) atoms. The Hall–Kier alpha value is -3.02. The average Bonchev–Trinajstić information content (AvgIpc) is 3.03. The summed E-state index contributed by atoms with van der Waals surface area (Å²) < 4.78 is 31.3. The molecule has 1 atom stereocenters. The largest absolute Gasteiger partial charge is 0.446 e. The number of rotatable bonds is 3. The molecule has 1 fully saturated rings. The van der Waals surface area contributed by atoms with Crippen LogP contribution in [-0.4, -0.2) is 23.5 Å². The second-order valence-corrected chi connectivity index (χ2v) is 5.25. The second-order valence-electron chi connectivity index (χ2n) is 5.25. The number of hydrogen-bond donors (Lipinski definition) is 0. The van der Waals surface area contributed by atoms with Crippen molar-refractivity contribution in [2.24, 2.45) is 0 Å². The normalized spacial score (nSPS) is 16.2. The molecule has 1 unspecified atom stereocenters. The van der Waals surface area contributed by atoms with Gasteiger partial charge in [0.2, 0.25) is 0 Å². The van der Waals surface area contributed by atoms with Gasteiger partial charge in [-0.2, -0.15) is 0 Å². The predicted octanol–water partition coefficient (Wildman–Crippen LogP) is 4.72. The molecule has 0 radical (unpaired) electrons. The summed E-state index contributed by atoms with van der Waals surface area (Å²) >= 11 is 0. The third-order valence-electron chi connectivity index (χ3n) is 3.60. The van der Waals surface area contributed by atoms with Crippen molar-refractivity contribution >= 4 is 18.1 Å². The van der Waals surface area contributed by atoms with Crippen LogP contribution in [0.5, 0.6) is 0 Å². The fourth-order valence-electron chi connectivity index (χ4n) is 2.50. The van der Waals surface area contributed by atoms with E-state index in [9.17, 15) is 18.4 Å². The van der Waals surface area contributed by atoms with Crippen molar-refractivity contribution in [3.05, 3.63) is 77.4 Å². The van der Waals surface area contributed by atoms with E-state index in [4.69, 9.17) is 4.74 Å². The number of imide groups is 1. The van der Waals surface area contributed by atoms with Crippen LogP contribution in [0.25, 0.3) is 6.08 Å². The van der Waals surface area contributed by atoms with Gasteiger partial charge in [-0.1, -0.05) is 44.2 Å². The quantitative estimate of drug-likeness (QED) is 0.745. The minimum absolute atomic E-state index is 0.0665. The number of carbonyl (C=O) groups excluding carboxylic acids is 2. The molecule has 3 rings (SSSR count). The molecule has 6 heteroatoms. The number of hydrogen-bond acceptors (Lipinski definition) is 3. The number of amides is 2. The first-order valence-electron chi connectivity index (χ1n) is 8.23. The summed E-state index contributed by atoms with van der Waals surface area (Å²) in [4.78, 5) is 25.2. The molecule has 2 aromatic carbocycles. The number of cyclic esters (lactones) is 1. The van der Waals surface area contributed by atoms with Crippen LogP contribution in [0.15, 0.2) is 54.6 Å². The van der Waals surface area contributed by atoms with Gasteiger partial charge in [-0.3, -0.25) is 4.79 Å². The van der Waals surface area contributed by atoms with E-state index in [0.717, 1.165) is 34.7 Å². The lowest BCUT2D eigenvalue weighted by Gasteiger charge is -2.18. The minimum atomic E-state index is -0.746. The smallest absolute Gasteiger partial charge is 0.417 e. The van der Waals surface area contributed by atoms with E-state index in [1.54, 1.807) is 24.3 Å². The van der Waals surface area contributed by atoms with Gasteiger partial charge in [-0.05, 0) is 29.3 Å². The third-order valence-corrected chi connectivity index (χ3v) is 3.60. The fraction of sp³-hybridized carbons (Fsp3) is 0.200. The predicted molar refractivity (Wildman–Crippen MR) is 94.1 cm³/mol. The lowest BCUT2D eigenvalue weighted by atomic mass is 10.1. The molecular formula is C20H19F2NO3. The SMILES string of the molecule is CC.O=C(/C=C/c1cc(F)cc(F)c1)N1C(=O)OCC1c1ccccc1. The van der Waals surface area contributed by atoms with E-state index in [2.05, 4.69) is 0 Å². The Morgan fingerprint density at radius 2 is 1.73 bits per heavy atom.